The summed E-state index contributed by atoms with van der Waals surface area (Å²) < 4.78 is 11.2. The maximum atomic E-state index is 13.2. The van der Waals surface area contributed by atoms with Gasteiger partial charge in [0, 0.05) is 43.3 Å². The number of carbonyl (C=O) groups is 1. The number of methoxy groups -OCH3 is 1. The molecule has 2 heterocycles. The van der Waals surface area contributed by atoms with E-state index < -0.39 is 0 Å². The van der Waals surface area contributed by atoms with Crippen LogP contribution in [0.4, 0.5) is 5.69 Å². The standard InChI is InChI=1S/C21H22N2O3/c1-14-17-12-16(25-3)8-9-19(17)26-20(14)21(24)23-11-10-22(2)18-7-5-4-6-15(18)13-23/h4-9,12H,10-11,13H2,1-3H3. The molecule has 0 aliphatic carbocycles. The number of likely N-dealkylation sites (N-methyl/N-ethyl adjacent to an activating group) is 1. The van der Waals surface area contributed by atoms with Crippen molar-refractivity contribution < 1.29 is 13.9 Å². The molecule has 0 spiro atoms. The molecule has 0 saturated carbocycles. The highest BCUT2D eigenvalue weighted by molar-refractivity contribution is 5.99. The molecule has 5 nitrogen and oxygen atoms in total. The third kappa shape index (κ3) is 2.69. The van der Waals surface area contributed by atoms with E-state index in [-0.39, 0.29) is 5.91 Å². The summed E-state index contributed by atoms with van der Waals surface area (Å²) in [4.78, 5) is 17.3. The van der Waals surface area contributed by atoms with Crippen LogP contribution in [0.1, 0.15) is 21.7 Å². The number of aryl methyl sites for hydroxylation is 1. The highest BCUT2D eigenvalue weighted by Crippen LogP contribution is 2.31. The smallest absolute Gasteiger partial charge is 0.290 e. The van der Waals surface area contributed by atoms with E-state index in [4.69, 9.17) is 9.15 Å². The fourth-order valence-electron chi connectivity index (χ4n) is 3.54. The molecule has 0 fully saturated rings. The van der Waals surface area contributed by atoms with Crippen LogP contribution in [0.25, 0.3) is 11.0 Å². The Morgan fingerprint density at radius 1 is 1.15 bits per heavy atom. The largest absolute Gasteiger partial charge is 0.497 e. The number of carbonyl (C=O) groups excluding carboxylic acids is 1. The molecule has 1 aliphatic heterocycles. The highest BCUT2D eigenvalue weighted by atomic mass is 16.5. The molecule has 0 bridgehead atoms. The van der Waals surface area contributed by atoms with Gasteiger partial charge >= 0.3 is 0 Å². The average Bonchev–Trinajstić information content (AvgIpc) is 2.90. The molecule has 1 amide bonds. The molecule has 4 rings (SSSR count). The van der Waals surface area contributed by atoms with Crippen molar-refractivity contribution in [1.29, 1.82) is 0 Å². The predicted molar refractivity (Wildman–Crippen MR) is 102 cm³/mol. The Hall–Kier alpha value is -2.95. The maximum Gasteiger partial charge on any atom is 0.290 e. The molecular formula is C21H22N2O3. The molecule has 5 heteroatoms. The van der Waals surface area contributed by atoms with Crippen LogP contribution in [0.3, 0.4) is 0 Å². The van der Waals surface area contributed by atoms with Crippen molar-refractivity contribution in [3.8, 4) is 5.75 Å². The van der Waals surface area contributed by atoms with E-state index in [1.54, 1.807) is 7.11 Å². The van der Waals surface area contributed by atoms with E-state index >= 15 is 0 Å². The lowest BCUT2D eigenvalue weighted by Crippen LogP contribution is -2.34. The Kier molecular flexibility index (Phi) is 4.07. The SMILES string of the molecule is COc1ccc2oc(C(=O)N3CCN(C)c4ccccc4C3)c(C)c2c1. The molecule has 0 saturated heterocycles. The number of hydrogen-bond donors (Lipinski definition) is 0. The molecule has 2 aromatic carbocycles. The quantitative estimate of drug-likeness (QED) is 0.704. The molecular weight excluding hydrogens is 328 g/mol. The number of fused-ring (bicyclic) bond motifs is 2. The second-order valence-electron chi connectivity index (χ2n) is 6.70. The van der Waals surface area contributed by atoms with Crippen molar-refractivity contribution in [2.24, 2.45) is 0 Å². The second-order valence-corrected chi connectivity index (χ2v) is 6.70. The van der Waals surface area contributed by atoms with Gasteiger partial charge in [-0.1, -0.05) is 18.2 Å². The fraction of sp³-hybridized carbons (Fsp3) is 0.286. The van der Waals surface area contributed by atoms with Gasteiger partial charge in [0.25, 0.3) is 5.91 Å². The summed E-state index contributed by atoms with van der Waals surface area (Å²) >= 11 is 0. The third-order valence-electron chi connectivity index (χ3n) is 5.09. The summed E-state index contributed by atoms with van der Waals surface area (Å²) in [5.74, 6) is 1.10. The number of nitrogens with zero attached hydrogens (tertiary/aromatic N) is 2. The zero-order valence-electron chi connectivity index (χ0n) is 15.3. The van der Waals surface area contributed by atoms with Gasteiger partial charge in [0.15, 0.2) is 5.76 Å². The molecule has 0 N–H and O–H groups in total. The summed E-state index contributed by atoms with van der Waals surface area (Å²) in [6.45, 7) is 3.95. The number of hydrogen-bond acceptors (Lipinski definition) is 4. The van der Waals surface area contributed by atoms with Gasteiger partial charge in [-0.15, -0.1) is 0 Å². The average molecular weight is 350 g/mol. The predicted octanol–water partition coefficient (Wildman–Crippen LogP) is 3.84. The topological polar surface area (TPSA) is 45.9 Å². The van der Waals surface area contributed by atoms with Gasteiger partial charge in [-0.25, -0.2) is 0 Å². The second kappa shape index (κ2) is 6.41. The van der Waals surface area contributed by atoms with Crippen molar-refractivity contribution in [3.05, 3.63) is 59.4 Å². The molecule has 26 heavy (non-hydrogen) atoms. The number of amides is 1. The number of benzene rings is 2. The van der Waals surface area contributed by atoms with Gasteiger partial charge in [0.1, 0.15) is 11.3 Å². The van der Waals surface area contributed by atoms with Crippen LogP contribution in [-0.2, 0) is 6.54 Å². The van der Waals surface area contributed by atoms with Crippen LogP contribution in [-0.4, -0.2) is 38.1 Å². The van der Waals surface area contributed by atoms with Gasteiger partial charge in [-0.05, 0) is 36.8 Å². The molecule has 0 atom stereocenters. The lowest BCUT2D eigenvalue weighted by atomic mass is 10.1. The first-order chi connectivity index (χ1) is 12.6. The Balaban J connectivity index is 1.70. The Morgan fingerprint density at radius 2 is 1.96 bits per heavy atom. The van der Waals surface area contributed by atoms with Crippen molar-refractivity contribution in [3.63, 3.8) is 0 Å². The first-order valence-electron chi connectivity index (χ1n) is 8.74. The Labute approximate surface area is 152 Å². The Bertz CT molecular complexity index is 977. The van der Waals surface area contributed by atoms with E-state index in [1.165, 1.54) is 5.69 Å². The van der Waals surface area contributed by atoms with Crippen LogP contribution >= 0.6 is 0 Å². The minimum Gasteiger partial charge on any atom is -0.497 e. The van der Waals surface area contributed by atoms with Crippen molar-refractivity contribution >= 4 is 22.6 Å². The molecule has 1 aliphatic rings. The Morgan fingerprint density at radius 3 is 2.77 bits per heavy atom. The normalized spacial score (nSPS) is 14.3. The summed E-state index contributed by atoms with van der Waals surface area (Å²) in [5, 5.41) is 0.917. The lowest BCUT2D eigenvalue weighted by Gasteiger charge is -2.20. The number of para-hydroxylation sites is 1. The van der Waals surface area contributed by atoms with Gasteiger partial charge < -0.3 is 19.0 Å². The molecule has 0 radical (unpaired) electrons. The van der Waals surface area contributed by atoms with Crippen LogP contribution in [0.2, 0.25) is 0 Å². The van der Waals surface area contributed by atoms with E-state index in [2.05, 4.69) is 24.1 Å². The first-order valence-corrected chi connectivity index (χ1v) is 8.74. The fourth-order valence-corrected chi connectivity index (χ4v) is 3.54. The lowest BCUT2D eigenvalue weighted by molar-refractivity contribution is 0.0721. The first kappa shape index (κ1) is 16.5. The molecule has 134 valence electrons. The molecule has 0 unspecified atom stereocenters. The minimum absolute atomic E-state index is 0.0669. The number of ether oxygens (including phenoxy) is 1. The van der Waals surface area contributed by atoms with Gasteiger partial charge in [-0.3, -0.25) is 4.79 Å². The summed E-state index contributed by atoms with van der Waals surface area (Å²) in [7, 11) is 3.69. The van der Waals surface area contributed by atoms with Crippen molar-refractivity contribution in [2.75, 3.05) is 32.1 Å². The third-order valence-corrected chi connectivity index (χ3v) is 5.09. The van der Waals surface area contributed by atoms with Gasteiger partial charge in [0.2, 0.25) is 0 Å². The van der Waals surface area contributed by atoms with E-state index in [0.29, 0.717) is 24.4 Å². The highest BCUT2D eigenvalue weighted by Gasteiger charge is 2.26. The van der Waals surface area contributed by atoms with Crippen LogP contribution in [0.5, 0.6) is 5.75 Å². The summed E-state index contributed by atoms with van der Waals surface area (Å²) in [6, 6.07) is 13.8. The van der Waals surface area contributed by atoms with Gasteiger partial charge in [-0.2, -0.15) is 0 Å². The van der Waals surface area contributed by atoms with Crippen LogP contribution in [0.15, 0.2) is 46.9 Å². The number of furan rings is 1. The summed E-state index contributed by atoms with van der Waals surface area (Å²) in [6.07, 6.45) is 0. The van der Waals surface area contributed by atoms with Gasteiger partial charge in [0.05, 0.1) is 7.11 Å². The van der Waals surface area contributed by atoms with E-state index in [9.17, 15) is 4.79 Å². The summed E-state index contributed by atoms with van der Waals surface area (Å²) in [5.41, 5.74) is 3.89. The number of anilines is 1. The van der Waals surface area contributed by atoms with E-state index in [0.717, 1.165) is 28.8 Å². The van der Waals surface area contributed by atoms with Crippen LogP contribution < -0.4 is 9.64 Å². The van der Waals surface area contributed by atoms with Crippen LogP contribution in [0, 0.1) is 6.92 Å². The van der Waals surface area contributed by atoms with E-state index in [1.807, 2.05) is 42.2 Å². The van der Waals surface area contributed by atoms with Crippen molar-refractivity contribution in [1.82, 2.24) is 4.90 Å². The van der Waals surface area contributed by atoms with Crippen molar-refractivity contribution in [2.45, 2.75) is 13.5 Å². The monoisotopic (exact) mass is 350 g/mol. The minimum atomic E-state index is -0.0669. The maximum absolute atomic E-state index is 13.2. The number of rotatable bonds is 2. The zero-order valence-corrected chi connectivity index (χ0v) is 15.3. The zero-order chi connectivity index (χ0) is 18.3. The molecule has 3 aromatic rings. The molecule has 1 aromatic heterocycles.